The molecule has 0 fully saturated rings. The maximum absolute atomic E-state index is 11.5. The largest absolute Gasteiger partial charge is 0.294 e. The lowest BCUT2D eigenvalue weighted by Gasteiger charge is -2.21. The van der Waals surface area contributed by atoms with Crippen LogP contribution in [0.15, 0.2) is 36.7 Å². The van der Waals surface area contributed by atoms with Gasteiger partial charge in [0.05, 0.1) is 5.56 Å². The smallest absolute Gasteiger partial charge is 0.179 e. The summed E-state index contributed by atoms with van der Waals surface area (Å²) in [4.78, 5) is 11.5. The second-order valence-electron chi connectivity index (χ2n) is 7.16. The van der Waals surface area contributed by atoms with Crippen LogP contribution < -0.4 is 4.57 Å². The summed E-state index contributed by atoms with van der Waals surface area (Å²) in [6, 6.07) is 8.38. The van der Waals surface area contributed by atoms with E-state index in [9.17, 15) is 4.79 Å². The van der Waals surface area contributed by atoms with E-state index in [0.29, 0.717) is 0 Å². The first-order valence-corrected chi connectivity index (χ1v) is 7.79. The SMILES string of the molecule is CC(=O)c1ccc[n+](Cc2c(C)cc(C(C)(C)C)cc2C)c1. The second-order valence-corrected chi connectivity index (χ2v) is 7.16. The van der Waals surface area contributed by atoms with E-state index in [1.165, 1.54) is 22.3 Å². The van der Waals surface area contributed by atoms with Crippen LogP contribution in [0, 0.1) is 13.8 Å². The minimum atomic E-state index is 0.103. The molecule has 0 spiro atoms. The van der Waals surface area contributed by atoms with Gasteiger partial charge in [0.1, 0.15) is 0 Å². The van der Waals surface area contributed by atoms with E-state index in [1.807, 2.05) is 24.5 Å². The van der Waals surface area contributed by atoms with E-state index in [-0.39, 0.29) is 11.2 Å². The summed E-state index contributed by atoms with van der Waals surface area (Å²) in [5.41, 5.74) is 6.24. The van der Waals surface area contributed by atoms with Crippen LogP contribution in [-0.4, -0.2) is 5.78 Å². The molecule has 0 saturated heterocycles. The number of rotatable bonds is 3. The summed E-state index contributed by atoms with van der Waals surface area (Å²) in [7, 11) is 0. The van der Waals surface area contributed by atoms with E-state index >= 15 is 0 Å². The Balaban J connectivity index is 2.38. The molecule has 0 atom stereocenters. The summed E-state index contributed by atoms with van der Waals surface area (Å²) < 4.78 is 2.09. The second kappa shape index (κ2) is 6.04. The summed E-state index contributed by atoms with van der Waals surface area (Å²) in [5.74, 6) is 0.103. The van der Waals surface area contributed by atoms with Gasteiger partial charge in [-0.15, -0.1) is 0 Å². The van der Waals surface area contributed by atoms with Gasteiger partial charge in [-0.1, -0.05) is 32.9 Å². The number of Topliss-reactive ketones (excluding diaryl/α,β-unsaturated/α-hetero) is 1. The van der Waals surface area contributed by atoms with Crippen molar-refractivity contribution in [2.24, 2.45) is 0 Å². The predicted octanol–water partition coefficient (Wildman–Crippen LogP) is 4.14. The van der Waals surface area contributed by atoms with Crippen molar-refractivity contribution in [1.29, 1.82) is 0 Å². The van der Waals surface area contributed by atoms with Crippen molar-refractivity contribution in [2.45, 2.75) is 53.5 Å². The fraction of sp³-hybridized carbons (Fsp3) is 0.400. The van der Waals surface area contributed by atoms with Crippen molar-refractivity contribution < 1.29 is 9.36 Å². The van der Waals surface area contributed by atoms with Crippen LogP contribution in [0.2, 0.25) is 0 Å². The molecule has 0 saturated carbocycles. The van der Waals surface area contributed by atoms with Crippen LogP contribution in [0.25, 0.3) is 0 Å². The number of hydrogen-bond acceptors (Lipinski definition) is 1. The molecule has 2 aromatic rings. The summed E-state index contributed by atoms with van der Waals surface area (Å²) >= 11 is 0. The van der Waals surface area contributed by atoms with Gasteiger partial charge in [-0.3, -0.25) is 4.79 Å². The molecule has 0 amide bonds. The van der Waals surface area contributed by atoms with Crippen LogP contribution in [0.1, 0.15) is 60.3 Å². The molecule has 1 aromatic carbocycles. The molecule has 2 heteroatoms. The molecule has 0 aliphatic rings. The van der Waals surface area contributed by atoms with Crippen molar-refractivity contribution in [1.82, 2.24) is 0 Å². The Kier molecular flexibility index (Phi) is 4.50. The Morgan fingerprint density at radius 3 is 2.23 bits per heavy atom. The van der Waals surface area contributed by atoms with E-state index in [2.05, 4.69) is 51.3 Å². The lowest BCUT2D eigenvalue weighted by molar-refractivity contribution is -0.688. The maximum Gasteiger partial charge on any atom is 0.179 e. The van der Waals surface area contributed by atoms with Crippen LogP contribution in [-0.2, 0) is 12.0 Å². The Hall–Kier alpha value is -1.96. The number of carbonyl (C=O) groups excluding carboxylic acids is 1. The molecule has 2 rings (SSSR count). The summed E-state index contributed by atoms with van der Waals surface area (Å²) in [6.07, 6.45) is 3.95. The van der Waals surface area contributed by atoms with Crippen molar-refractivity contribution in [3.8, 4) is 0 Å². The molecule has 2 nitrogen and oxygen atoms in total. The predicted molar refractivity (Wildman–Crippen MR) is 90.4 cm³/mol. The van der Waals surface area contributed by atoms with Crippen molar-refractivity contribution in [3.63, 3.8) is 0 Å². The molecule has 0 unspecified atom stereocenters. The van der Waals surface area contributed by atoms with Crippen molar-refractivity contribution in [2.75, 3.05) is 0 Å². The molecule has 116 valence electrons. The van der Waals surface area contributed by atoms with Gasteiger partial charge >= 0.3 is 0 Å². The lowest BCUT2D eigenvalue weighted by Crippen LogP contribution is -2.35. The molecule has 1 heterocycles. The first kappa shape index (κ1) is 16.4. The monoisotopic (exact) mass is 296 g/mol. The first-order valence-electron chi connectivity index (χ1n) is 7.79. The highest BCUT2D eigenvalue weighted by atomic mass is 16.1. The van der Waals surface area contributed by atoms with Crippen LogP contribution in [0.3, 0.4) is 0 Å². The molecular formula is C20H26NO+. The third kappa shape index (κ3) is 3.62. The van der Waals surface area contributed by atoms with E-state index in [4.69, 9.17) is 0 Å². The summed E-state index contributed by atoms with van der Waals surface area (Å²) in [6.45, 7) is 13.5. The van der Waals surface area contributed by atoms with Crippen LogP contribution in [0.5, 0.6) is 0 Å². The number of aryl methyl sites for hydroxylation is 2. The fourth-order valence-electron chi connectivity index (χ4n) is 2.69. The number of ketones is 1. The standard InChI is InChI=1S/C20H26NO/c1-14-10-18(20(4,5)6)11-15(2)19(14)13-21-9-7-8-17(12-21)16(3)22/h7-12H,13H2,1-6H3/q+1. The lowest BCUT2D eigenvalue weighted by atomic mass is 9.84. The third-order valence-electron chi connectivity index (χ3n) is 4.17. The highest BCUT2D eigenvalue weighted by Crippen LogP contribution is 2.26. The van der Waals surface area contributed by atoms with Gasteiger partial charge < -0.3 is 0 Å². The quantitative estimate of drug-likeness (QED) is 0.616. The number of benzene rings is 1. The minimum Gasteiger partial charge on any atom is -0.294 e. The maximum atomic E-state index is 11.5. The molecule has 0 aliphatic carbocycles. The normalized spacial score (nSPS) is 11.5. The molecule has 1 aromatic heterocycles. The molecule has 0 radical (unpaired) electrons. The Bertz CT molecular complexity index is 685. The molecule has 0 bridgehead atoms. The fourth-order valence-corrected chi connectivity index (χ4v) is 2.69. The van der Waals surface area contributed by atoms with Crippen molar-refractivity contribution in [3.05, 3.63) is 64.5 Å². The average molecular weight is 296 g/mol. The molecule has 0 N–H and O–H groups in total. The van der Waals surface area contributed by atoms with Crippen LogP contribution >= 0.6 is 0 Å². The van der Waals surface area contributed by atoms with Gasteiger partial charge in [0.25, 0.3) is 0 Å². The highest BCUT2D eigenvalue weighted by molar-refractivity contribution is 5.93. The topological polar surface area (TPSA) is 20.9 Å². The van der Waals surface area contributed by atoms with Crippen LogP contribution in [0.4, 0.5) is 0 Å². The number of hydrogen-bond donors (Lipinski definition) is 0. The van der Waals surface area contributed by atoms with Gasteiger partial charge in [-0.05, 0) is 48.9 Å². The third-order valence-corrected chi connectivity index (χ3v) is 4.17. The summed E-state index contributed by atoms with van der Waals surface area (Å²) in [5, 5.41) is 0. The molecule has 0 aliphatic heterocycles. The van der Waals surface area contributed by atoms with E-state index in [0.717, 1.165) is 12.1 Å². The van der Waals surface area contributed by atoms with Gasteiger partial charge in [-0.2, -0.15) is 0 Å². The van der Waals surface area contributed by atoms with Gasteiger partial charge in [-0.25, -0.2) is 4.57 Å². The first-order chi connectivity index (χ1) is 10.2. The Morgan fingerprint density at radius 1 is 1.14 bits per heavy atom. The Labute approximate surface area is 133 Å². The zero-order chi connectivity index (χ0) is 16.5. The zero-order valence-corrected chi connectivity index (χ0v) is 14.5. The average Bonchev–Trinajstić information content (AvgIpc) is 2.42. The van der Waals surface area contributed by atoms with E-state index < -0.39 is 0 Å². The number of nitrogens with zero attached hydrogens (tertiary/aromatic N) is 1. The minimum absolute atomic E-state index is 0.103. The molecule has 22 heavy (non-hydrogen) atoms. The van der Waals surface area contributed by atoms with Gasteiger partial charge in [0, 0.05) is 11.6 Å². The van der Waals surface area contributed by atoms with Crippen molar-refractivity contribution >= 4 is 5.78 Å². The van der Waals surface area contributed by atoms with E-state index in [1.54, 1.807) is 6.92 Å². The Morgan fingerprint density at radius 2 is 1.73 bits per heavy atom. The zero-order valence-electron chi connectivity index (χ0n) is 14.5. The van der Waals surface area contributed by atoms with Gasteiger partial charge in [0.15, 0.2) is 24.7 Å². The number of pyridine rings is 1. The highest BCUT2D eigenvalue weighted by Gasteiger charge is 2.18. The molecular weight excluding hydrogens is 270 g/mol. The number of aromatic nitrogens is 1. The number of carbonyl (C=O) groups is 1. The van der Waals surface area contributed by atoms with Gasteiger partial charge in [0.2, 0.25) is 0 Å².